The van der Waals surface area contributed by atoms with Crippen molar-refractivity contribution in [3.8, 4) is 6.07 Å². The first-order valence-corrected chi connectivity index (χ1v) is 8.26. The minimum absolute atomic E-state index is 0.0161. The Balaban J connectivity index is 2.40. The zero-order chi connectivity index (χ0) is 16.9. The number of anilines is 1. The van der Waals surface area contributed by atoms with Gasteiger partial charge in [0.25, 0.3) is 0 Å². The van der Waals surface area contributed by atoms with E-state index in [4.69, 9.17) is 10.00 Å². The Morgan fingerprint density at radius 3 is 2.48 bits per heavy atom. The Morgan fingerprint density at radius 1 is 1.17 bits per heavy atom. The zero-order valence-corrected chi connectivity index (χ0v) is 14.1. The standard InChI is InChI=1S/C19H26N2O2/c1-3-4-5-6-7-11-14-23-19(22)17(15-20)16-21(2)18-12-9-8-10-13-18/h8-10,12-13,16H,3-7,11,14H2,1-2H3/b17-16+. The first kappa shape index (κ1) is 18.8. The third-order valence-electron chi connectivity index (χ3n) is 3.56. The topological polar surface area (TPSA) is 53.3 Å². The number of nitrogens with zero attached hydrogens (tertiary/aromatic N) is 2. The highest BCUT2D eigenvalue weighted by Gasteiger charge is 2.11. The number of hydrogen-bond acceptors (Lipinski definition) is 4. The smallest absolute Gasteiger partial charge is 0.350 e. The Morgan fingerprint density at radius 2 is 1.83 bits per heavy atom. The molecule has 0 bridgehead atoms. The largest absolute Gasteiger partial charge is 0.462 e. The minimum Gasteiger partial charge on any atom is -0.462 e. The third kappa shape index (κ3) is 7.51. The summed E-state index contributed by atoms with van der Waals surface area (Å²) in [5, 5.41) is 9.15. The monoisotopic (exact) mass is 314 g/mol. The molecule has 0 atom stereocenters. The van der Waals surface area contributed by atoms with Gasteiger partial charge in [-0.15, -0.1) is 0 Å². The number of esters is 1. The maximum absolute atomic E-state index is 11.9. The fourth-order valence-electron chi connectivity index (χ4n) is 2.18. The summed E-state index contributed by atoms with van der Waals surface area (Å²) in [6, 6.07) is 11.5. The molecule has 0 radical (unpaired) electrons. The predicted molar refractivity (Wildman–Crippen MR) is 92.9 cm³/mol. The molecule has 0 aliphatic carbocycles. The van der Waals surface area contributed by atoms with Gasteiger partial charge in [0.05, 0.1) is 6.61 Å². The van der Waals surface area contributed by atoms with Gasteiger partial charge in [0.1, 0.15) is 6.07 Å². The minimum atomic E-state index is -0.552. The van der Waals surface area contributed by atoms with E-state index in [1.165, 1.54) is 31.9 Å². The number of nitriles is 1. The summed E-state index contributed by atoms with van der Waals surface area (Å²) in [5.74, 6) is -0.552. The van der Waals surface area contributed by atoms with Crippen molar-refractivity contribution in [1.29, 1.82) is 5.26 Å². The summed E-state index contributed by atoms with van der Waals surface area (Å²) in [6.07, 6.45) is 8.30. The van der Waals surface area contributed by atoms with Crippen molar-refractivity contribution in [2.24, 2.45) is 0 Å². The van der Waals surface area contributed by atoms with Gasteiger partial charge in [0, 0.05) is 18.9 Å². The zero-order valence-electron chi connectivity index (χ0n) is 14.1. The lowest BCUT2D eigenvalue weighted by atomic mass is 10.1. The van der Waals surface area contributed by atoms with Crippen LogP contribution in [0, 0.1) is 11.3 Å². The summed E-state index contributed by atoms with van der Waals surface area (Å²) in [7, 11) is 1.80. The fraction of sp³-hybridized carbons (Fsp3) is 0.474. The lowest BCUT2D eigenvalue weighted by molar-refractivity contribution is -0.138. The second-order valence-corrected chi connectivity index (χ2v) is 5.50. The van der Waals surface area contributed by atoms with Gasteiger partial charge in [0.15, 0.2) is 5.57 Å². The average molecular weight is 314 g/mol. The van der Waals surface area contributed by atoms with Gasteiger partial charge in [-0.1, -0.05) is 57.2 Å². The van der Waals surface area contributed by atoms with E-state index in [1.54, 1.807) is 11.9 Å². The predicted octanol–water partition coefficient (Wildman–Crippen LogP) is 4.43. The van der Waals surface area contributed by atoms with E-state index in [1.807, 2.05) is 36.4 Å². The lowest BCUT2D eigenvalue weighted by Gasteiger charge is -2.14. The third-order valence-corrected chi connectivity index (χ3v) is 3.56. The van der Waals surface area contributed by atoms with Crippen molar-refractivity contribution < 1.29 is 9.53 Å². The van der Waals surface area contributed by atoms with Crippen LogP contribution in [0.25, 0.3) is 0 Å². The molecule has 1 rings (SSSR count). The number of para-hydroxylation sites is 1. The normalized spacial score (nSPS) is 10.9. The van der Waals surface area contributed by atoms with Crippen LogP contribution < -0.4 is 4.90 Å². The Labute approximate surface area is 139 Å². The quantitative estimate of drug-likeness (QED) is 0.277. The molecule has 0 spiro atoms. The Kier molecular flexibility index (Phi) is 9.23. The average Bonchev–Trinajstić information content (AvgIpc) is 2.59. The second-order valence-electron chi connectivity index (χ2n) is 5.50. The van der Waals surface area contributed by atoms with Crippen molar-refractivity contribution in [3.05, 3.63) is 42.1 Å². The molecular weight excluding hydrogens is 288 g/mol. The van der Waals surface area contributed by atoms with E-state index >= 15 is 0 Å². The van der Waals surface area contributed by atoms with Crippen molar-refractivity contribution in [3.63, 3.8) is 0 Å². The molecular formula is C19H26N2O2. The van der Waals surface area contributed by atoms with E-state index in [-0.39, 0.29) is 5.57 Å². The highest BCUT2D eigenvalue weighted by Crippen LogP contribution is 2.13. The fourth-order valence-corrected chi connectivity index (χ4v) is 2.18. The van der Waals surface area contributed by atoms with Crippen LogP contribution in [-0.4, -0.2) is 19.6 Å². The molecule has 0 aliphatic heterocycles. The molecule has 0 unspecified atom stereocenters. The van der Waals surface area contributed by atoms with Gasteiger partial charge in [-0.05, 0) is 18.6 Å². The molecule has 0 fully saturated rings. The number of unbranched alkanes of at least 4 members (excludes halogenated alkanes) is 5. The van der Waals surface area contributed by atoms with Gasteiger partial charge in [-0.3, -0.25) is 0 Å². The number of hydrogen-bond donors (Lipinski definition) is 0. The maximum Gasteiger partial charge on any atom is 0.350 e. The van der Waals surface area contributed by atoms with Crippen LogP contribution in [0.5, 0.6) is 0 Å². The Hall–Kier alpha value is -2.28. The number of carbonyl (C=O) groups is 1. The molecule has 1 aromatic rings. The first-order chi connectivity index (χ1) is 11.2. The van der Waals surface area contributed by atoms with Gasteiger partial charge in [0.2, 0.25) is 0 Å². The highest BCUT2D eigenvalue weighted by atomic mass is 16.5. The van der Waals surface area contributed by atoms with Gasteiger partial charge < -0.3 is 9.64 Å². The van der Waals surface area contributed by atoms with E-state index in [0.29, 0.717) is 6.61 Å². The Bertz CT molecular complexity index is 532. The number of ether oxygens (including phenoxy) is 1. The van der Waals surface area contributed by atoms with Gasteiger partial charge >= 0.3 is 5.97 Å². The SMILES string of the molecule is CCCCCCCCOC(=O)/C(C#N)=C/N(C)c1ccccc1. The van der Waals surface area contributed by atoms with Crippen LogP contribution in [0.2, 0.25) is 0 Å². The van der Waals surface area contributed by atoms with Crippen molar-refractivity contribution >= 4 is 11.7 Å². The van der Waals surface area contributed by atoms with E-state index in [9.17, 15) is 4.79 Å². The lowest BCUT2D eigenvalue weighted by Crippen LogP contribution is -2.14. The molecule has 0 amide bonds. The van der Waals surface area contributed by atoms with Crippen LogP contribution in [0.1, 0.15) is 45.4 Å². The maximum atomic E-state index is 11.9. The van der Waals surface area contributed by atoms with E-state index in [0.717, 1.165) is 18.5 Å². The first-order valence-electron chi connectivity index (χ1n) is 8.26. The molecule has 0 aromatic heterocycles. The van der Waals surface area contributed by atoms with Crippen LogP contribution in [0.4, 0.5) is 5.69 Å². The summed E-state index contributed by atoms with van der Waals surface area (Å²) < 4.78 is 5.18. The molecule has 0 saturated carbocycles. The molecule has 0 N–H and O–H groups in total. The van der Waals surface area contributed by atoms with E-state index in [2.05, 4.69) is 6.92 Å². The molecule has 0 saturated heterocycles. The molecule has 1 aromatic carbocycles. The van der Waals surface area contributed by atoms with Gasteiger partial charge in [-0.25, -0.2) is 4.79 Å². The van der Waals surface area contributed by atoms with Crippen LogP contribution in [-0.2, 0) is 9.53 Å². The van der Waals surface area contributed by atoms with Crippen LogP contribution in [0.15, 0.2) is 42.1 Å². The number of rotatable bonds is 10. The molecule has 4 nitrogen and oxygen atoms in total. The molecule has 124 valence electrons. The van der Waals surface area contributed by atoms with E-state index < -0.39 is 5.97 Å². The van der Waals surface area contributed by atoms with Crippen LogP contribution in [0.3, 0.4) is 0 Å². The molecule has 23 heavy (non-hydrogen) atoms. The van der Waals surface area contributed by atoms with Crippen molar-refractivity contribution in [2.45, 2.75) is 45.4 Å². The molecule has 4 heteroatoms. The summed E-state index contributed by atoms with van der Waals surface area (Å²) >= 11 is 0. The highest BCUT2D eigenvalue weighted by molar-refractivity contribution is 5.93. The van der Waals surface area contributed by atoms with Crippen molar-refractivity contribution in [2.75, 3.05) is 18.6 Å². The molecule has 0 aliphatic rings. The van der Waals surface area contributed by atoms with Crippen LogP contribution >= 0.6 is 0 Å². The summed E-state index contributed by atoms with van der Waals surface area (Å²) in [5.41, 5.74) is 0.923. The molecule has 0 heterocycles. The number of benzene rings is 1. The van der Waals surface area contributed by atoms with Gasteiger partial charge in [-0.2, -0.15) is 5.26 Å². The van der Waals surface area contributed by atoms with Crippen molar-refractivity contribution in [1.82, 2.24) is 0 Å². The summed E-state index contributed by atoms with van der Waals surface area (Å²) in [4.78, 5) is 13.7. The second kappa shape index (κ2) is 11.3. The number of carbonyl (C=O) groups excluding carboxylic acids is 1. The summed E-state index contributed by atoms with van der Waals surface area (Å²) in [6.45, 7) is 2.56.